The first-order valence-corrected chi connectivity index (χ1v) is 3.91. The van der Waals surface area contributed by atoms with E-state index in [-0.39, 0.29) is 11.5 Å². The largest absolute Gasteiger partial charge is 0.872 e. The average molecular weight is 164 g/mol. The second-order valence-electron chi connectivity index (χ2n) is 3.16. The Labute approximate surface area is 72.5 Å². The van der Waals surface area contributed by atoms with Crippen LogP contribution in [-0.4, -0.2) is 0 Å². The molecule has 0 bridgehead atoms. The molecule has 1 aromatic rings. The molecule has 12 heavy (non-hydrogen) atoms. The van der Waals surface area contributed by atoms with E-state index in [1.807, 2.05) is 0 Å². The lowest BCUT2D eigenvalue weighted by Crippen LogP contribution is -2.06. The van der Waals surface area contributed by atoms with E-state index in [4.69, 9.17) is 0 Å². The molecule has 0 amide bonds. The predicted octanol–water partition coefficient (Wildman–Crippen LogP) is 1.07. The van der Waals surface area contributed by atoms with Crippen molar-refractivity contribution in [2.24, 2.45) is 0 Å². The Morgan fingerprint density at radius 2 is 0.750 bits per heavy atom. The lowest BCUT2D eigenvalue weighted by molar-refractivity contribution is -0.277. The van der Waals surface area contributed by atoms with Gasteiger partial charge in [0.2, 0.25) is 0 Å². The third kappa shape index (κ3) is 1.04. The van der Waals surface area contributed by atoms with Gasteiger partial charge in [0.15, 0.2) is 0 Å². The zero-order valence-electron chi connectivity index (χ0n) is 7.82. The summed E-state index contributed by atoms with van der Waals surface area (Å²) in [5.41, 5.74) is 2.34. The minimum Gasteiger partial charge on any atom is -0.872 e. The van der Waals surface area contributed by atoms with E-state index in [2.05, 4.69) is 0 Å². The fourth-order valence-corrected chi connectivity index (χ4v) is 1.24. The topological polar surface area (TPSA) is 46.1 Å². The maximum Gasteiger partial charge on any atom is -0.0401 e. The third-order valence-corrected chi connectivity index (χ3v) is 2.49. The molecule has 0 atom stereocenters. The zero-order valence-corrected chi connectivity index (χ0v) is 7.82. The van der Waals surface area contributed by atoms with Crippen LogP contribution in [-0.2, 0) is 0 Å². The standard InChI is InChI=1S/C10H14O2/c1-5-6(2)10(12)8(4)7(3)9(5)11/h11-12H,1-4H3/p-2. The van der Waals surface area contributed by atoms with Crippen LogP contribution in [0, 0.1) is 27.7 Å². The van der Waals surface area contributed by atoms with E-state index in [0.29, 0.717) is 22.3 Å². The summed E-state index contributed by atoms with van der Waals surface area (Å²) in [6.07, 6.45) is 0. The summed E-state index contributed by atoms with van der Waals surface area (Å²) in [7, 11) is 0. The van der Waals surface area contributed by atoms with Crippen molar-refractivity contribution in [2.75, 3.05) is 0 Å². The smallest absolute Gasteiger partial charge is 0.0401 e. The molecule has 2 nitrogen and oxygen atoms in total. The highest BCUT2D eigenvalue weighted by Gasteiger charge is 2.01. The first-order chi connectivity index (χ1) is 5.46. The molecule has 0 aliphatic heterocycles. The van der Waals surface area contributed by atoms with Crippen LogP contribution in [0.3, 0.4) is 0 Å². The van der Waals surface area contributed by atoms with Crippen molar-refractivity contribution >= 4 is 0 Å². The molecule has 0 unspecified atom stereocenters. The van der Waals surface area contributed by atoms with Gasteiger partial charge in [0.1, 0.15) is 0 Å². The summed E-state index contributed by atoms with van der Waals surface area (Å²) >= 11 is 0. The van der Waals surface area contributed by atoms with Crippen molar-refractivity contribution < 1.29 is 10.2 Å². The lowest BCUT2D eigenvalue weighted by Gasteiger charge is -2.25. The van der Waals surface area contributed by atoms with Crippen molar-refractivity contribution in [2.45, 2.75) is 27.7 Å². The fourth-order valence-electron chi connectivity index (χ4n) is 1.24. The van der Waals surface area contributed by atoms with Crippen LogP contribution in [0.1, 0.15) is 22.3 Å². The molecule has 0 heterocycles. The van der Waals surface area contributed by atoms with E-state index in [1.165, 1.54) is 0 Å². The van der Waals surface area contributed by atoms with E-state index < -0.39 is 0 Å². The quantitative estimate of drug-likeness (QED) is 0.575. The minimum absolute atomic E-state index is 0.00426. The number of rotatable bonds is 0. The molecule has 0 radical (unpaired) electrons. The first-order valence-electron chi connectivity index (χ1n) is 3.91. The van der Waals surface area contributed by atoms with Gasteiger partial charge >= 0.3 is 0 Å². The predicted molar refractivity (Wildman–Crippen MR) is 44.3 cm³/mol. The molecule has 0 aliphatic rings. The molecule has 0 saturated carbocycles. The maximum atomic E-state index is 11.4. The van der Waals surface area contributed by atoms with Gasteiger partial charge in [0, 0.05) is 0 Å². The summed E-state index contributed by atoms with van der Waals surface area (Å²) in [6, 6.07) is 0. The van der Waals surface area contributed by atoms with Crippen LogP contribution >= 0.6 is 0 Å². The summed E-state index contributed by atoms with van der Waals surface area (Å²) in [5.74, 6) is 0.00852. The fraction of sp³-hybridized carbons (Fsp3) is 0.400. The van der Waals surface area contributed by atoms with E-state index in [0.717, 1.165) is 0 Å². The molecule has 0 fully saturated rings. The Hall–Kier alpha value is -1.18. The van der Waals surface area contributed by atoms with E-state index in [1.54, 1.807) is 27.7 Å². The van der Waals surface area contributed by atoms with Crippen LogP contribution in [0.2, 0.25) is 0 Å². The molecular weight excluding hydrogens is 152 g/mol. The zero-order chi connectivity index (χ0) is 9.46. The van der Waals surface area contributed by atoms with Gasteiger partial charge in [-0.2, -0.15) is 0 Å². The molecule has 0 aliphatic carbocycles. The molecule has 1 rings (SSSR count). The van der Waals surface area contributed by atoms with Crippen molar-refractivity contribution in [3.8, 4) is 11.5 Å². The Balaban J connectivity index is 3.60. The van der Waals surface area contributed by atoms with Gasteiger partial charge in [-0.05, 0) is 27.7 Å². The van der Waals surface area contributed by atoms with Crippen molar-refractivity contribution in [1.82, 2.24) is 0 Å². The van der Waals surface area contributed by atoms with E-state index in [9.17, 15) is 10.2 Å². The summed E-state index contributed by atoms with van der Waals surface area (Å²) < 4.78 is 0. The molecule has 0 saturated heterocycles. The average Bonchev–Trinajstić information content (AvgIpc) is 2.08. The Morgan fingerprint density at radius 3 is 0.917 bits per heavy atom. The SMILES string of the molecule is Cc1c(C)c([O-])c(C)c(C)c1[O-]. The van der Waals surface area contributed by atoms with Gasteiger partial charge < -0.3 is 10.2 Å². The molecule has 66 valence electrons. The van der Waals surface area contributed by atoms with Crippen LogP contribution in [0.5, 0.6) is 11.5 Å². The van der Waals surface area contributed by atoms with Crippen LogP contribution in [0.15, 0.2) is 0 Å². The van der Waals surface area contributed by atoms with Gasteiger partial charge in [-0.25, -0.2) is 0 Å². The lowest BCUT2D eigenvalue weighted by atomic mass is 9.99. The summed E-state index contributed by atoms with van der Waals surface area (Å²) in [6.45, 7) is 6.80. The second-order valence-corrected chi connectivity index (χ2v) is 3.16. The van der Waals surface area contributed by atoms with Gasteiger partial charge in [0.25, 0.3) is 0 Å². The Bertz CT molecular complexity index is 222. The highest BCUT2D eigenvalue weighted by atomic mass is 16.3. The van der Waals surface area contributed by atoms with Gasteiger partial charge in [-0.15, -0.1) is 11.5 Å². The van der Waals surface area contributed by atoms with Crippen molar-refractivity contribution in [3.63, 3.8) is 0 Å². The van der Waals surface area contributed by atoms with Crippen LogP contribution in [0.4, 0.5) is 0 Å². The Kier molecular flexibility index (Phi) is 2.01. The van der Waals surface area contributed by atoms with Crippen LogP contribution in [0.25, 0.3) is 0 Å². The molecule has 2 heteroatoms. The van der Waals surface area contributed by atoms with Crippen LogP contribution < -0.4 is 10.2 Å². The highest BCUT2D eigenvalue weighted by Crippen LogP contribution is 2.31. The Morgan fingerprint density at radius 1 is 0.583 bits per heavy atom. The third-order valence-electron chi connectivity index (χ3n) is 2.49. The van der Waals surface area contributed by atoms with Gasteiger partial charge in [-0.1, -0.05) is 22.3 Å². The normalized spacial score (nSPS) is 10.3. The summed E-state index contributed by atoms with van der Waals surface area (Å²) in [4.78, 5) is 0. The minimum atomic E-state index is 0.00426. The monoisotopic (exact) mass is 164 g/mol. The molecule has 0 aromatic heterocycles. The first kappa shape index (κ1) is 8.91. The molecule has 0 spiro atoms. The number of hydrogen-bond acceptors (Lipinski definition) is 2. The van der Waals surface area contributed by atoms with Crippen molar-refractivity contribution in [1.29, 1.82) is 0 Å². The molecule has 1 aromatic carbocycles. The second kappa shape index (κ2) is 2.70. The maximum absolute atomic E-state index is 11.4. The highest BCUT2D eigenvalue weighted by molar-refractivity contribution is 5.54. The molecule has 0 N–H and O–H groups in total. The number of hydrogen-bond donors (Lipinski definition) is 0. The van der Waals surface area contributed by atoms with Gasteiger partial charge in [0.05, 0.1) is 0 Å². The molecular formula is C10H12O2-2. The van der Waals surface area contributed by atoms with E-state index >= 15 is 0 Å². The number of benzene rings is 1. The summed E-state index contributed by atoms with van der Waals surface area (Å²) in [5, 5.41) is 22.8. The van der Waals surface area contributed by atoms with Gasteiger partial charge in [-0.3, -0.25) is 0 Å². The van der Waals surface area contributed by atoms with Crippen molar-refractivity contribution in [3.05, 3.63) is 22.3 Å².